The molecule has 0 unspecified atom stereocenters. The van der Waals surface area contributed by atoms with Gasteiger partial charge in [-0.2, -0.15) is 0 Å². The van der Waals surface area contributed by atoms with Crippen LogP contribution < -0.4 is 4.57 Å². The molecular formula is C15H11N4S+. The number of thiazole rings is 1. The monoisotopic (exact) mass is 282 g/mol. The summed E-state index contributed by atoms with van der Waals surface area (Å²) in [5.74, 6) is 0. The van der Waals surface area contributed by atoms with Crippen LogP contribution in [0.5, 0.6) is 0 Å². The minimum absolute atomic E-state index is 0.512. The van der Waals surface area contributed by atoms with Crippen LogP contribution in [0.2, 0.25) is 0 Å². The molecule has 0 saturated carbocycles. The zero-order chi connectivity index (χ0) is 15.8. The van der Waals surface area contributed by atoms with Gasteiger partial charge < -0.3 is 0 Å². The maximum atomic E-state index is 7.95. The third kappa shape index (κ3) is 1.10. The van der Waals surface area contributed by atoms with E-state index in [2.05, 4.69) is 14.5 Å². The number of hydrogen-bond donors (Lipinski definition) is 0. The average Bonchev–Trinajstić information content (AvgIpc) is 3.13. The van der Waals surface area contributed by atoms with Crippen LogP contribution in [-0.4, -0.2) is 14.5 Å². The number of nitrogens with zero attached hydrogens (tertiary/aromatic N) is 4. The van der Waals surface area contributed by atoms with Crippen LogP contribution in [0.3, 0.4) is 0 Å². The van der Waals surface area contributed by atoms with E-state index in [1.165, 1.54) is 4.57 Å². The highest BCUT2D eigenvalue weighted by molar-refractivity contribution is 7.22. The van der Waals surface area contributed by atoms with Gasteiger partial charge in [0.25, 0.3) is 0 Å². The Morgan fingerprint density at radius 2 is 2.40 bits per heavy atom. The summed E-state index contributed by atoms with van der Waals surface area (Å²) in [7, 11) is 0. The van der Waals surface area contributed by atoms with Crippen LogP contribution in [-0.2, 0) is 13.5 Å². The van der Waals surface area contributed by atoms with E-state index in [4.69, 9.17) is 4.11 Å². The zero-order valence-corrected chi connectivity index (χ0v) is 11.2. The molecule has 0 radical (unpaired) electrons. The second-order valence-electron chi connectivity index (χ2n) is 4.89. The summed E-state index contributed by atoms with van der Waals surface area (Å²) in [6, 6.07) is 5.77. The Bertz CT molecular complexity index is 1090. The van der Waals surface area contributed by atoms with Crippen molar-refractivity contribution in [3.8, 4) is 10.6 Å². The molecule has 0 bridgehead atoms. The highest BCUT2D eigenvalue weighted by Gasteiger charge is 2.32. The molecule has 4 aromatic heterocycles. The Labute approximate surface area is 123 Å². The van der Waals surface area contributed by atoms with Crippen molar-refractivity contribution in [2.45, 2.75) is 6.54 Å². The maximum Gasteiger partial charge on any atom is 0.302 e. The minimum atomic E-state index is -2.27. The molecule has 5 heterocycles. The molecule has 1 aliphatic rings. The first kappa shape index (κ1) is 8.11. The van der Waals surface area contributed by atoms with E-state index in [-0.39, 0.29) is 0 Å². The van der Waals surface area contributed by atoms with Crippen molar-refractivity contribution in [3.63, 3.8) is 0 Å². The molecule has 0 aliphatic carbocycles. The molecule has 20 heavy (non-hydrogen) atoms. The van der Waals surface area contributed by atoms with Gasteiger partial charge in [-0.25, -0.2) is 14.1 Å². The van der Waals surface area contributed by atoms with Gasteiger partial charge in [-0.3, -0.25) is 4.98 Å². The number of pyridine rings is 2. The Kier molecular flexibility index (Phi) is 1.39. The summed E-state index contributed by atoms with van der Waals surface area (Å²) < 4.78 is 28.3. The molecule has 0 atom stereocenters. The van der Waals surface area contributed by atoms with Gasteiger partial charge in [0.15, 0.2) is 5.01 Å². The zero-order valence-electron chi connectivity index (χ0n) is 13.4. The lowest BCUT2D eigenvalue weighted by Crippen LogP contribution is -2.32. The highest BCUT2D eigenvalue weighted by Crippen LogP contribution is 2.38. The number of rotatable bonds is 0. The van der Waals surface area contributed by atoms with Gasteiger partial charge in [0.2, 0.25) is 5.65 Å². The highest BCUT2D eigenvalue weighted by atomic mass is 32.1. The van der Waals surface area contributed by atoms with Gasteiger partial charge in [-0.15, -0.1) is 0 Å². The van der Waals surface area contributed by atoms with Crippen molar-refractivity contribution >= 4 is 32.7 Å². The van der Waals surface area contributed by atoms with Crippen molar-refractivity contribution < 1.29 is 8.68 Å². The molecule has 0 N–H and O–H groups in total. The topological polar surface area (TPSA) is 34.6 Å². The van der Waals surface area contributed by atoms with E-state index in [9.17, 15) is 0 Å². The van der Waals surface area contributed by atoms with Crippen molar-refractivity contribution in [2.75, 3.05) is 0 Å². The van der Waals surface area contributed by atoms with E-state index < -0.39 is 6.98 Å². The van der Waals surface area contributed by atoms with Gasteiger partial charge in [-0.05, 0) is 18.2 Å². The fourth-order valence-electron chi connectivity index (χ4n) is 2.95. The minimum Gasteiger partial charge on any atom is -0.264 e. The summed E-state index contributed by atoms with van der Waals surface area (Å²) >= 11 is 1.62. The number of aromatic nitrogens is 4. The fourth-order valence-corrected chi connectivity index (χ4v) is 4.27. The van der Waals surface area contributed by atoms with E-state index in [1.54, 1.807) is 23.7 Å². The van der Waals surface area contributed by atoms with Crippen LogP contribution >= 0.6 is 11.3 Å². The molecule has 0 spiro atoms. The second kappa shape index (κ2) is 3.43. The van der Waals surface area contributed by atoms with Crippen molar-refractivity contribution in [1.82, 2.24) is 14.5 Å². The lowest BCUT2D eigenvalue weighted by atomic mass is 10.2. The Balaban J connectivity index is 1.97. The molecule has 5 heteroatoms. The number of aryl methyl sites for hydroxylation is 1. The van der Waals surface area contributed by atoms with Gasteiger partial charge >= 0.3 is 5.65 Å². The van der Waals surface area contributed by atoms with Crippen LogP contribution in [0.4, 0.5) is 0 Å². The normalized spacial score (nSPS) is 15.9. The van der Waals surface area contributed by atoms with E-state index in [0.29, 0.717) is 12.2 Å². The van der Waals surface area contributed by atoms with Crippen molar-refractivity contribution in [2.24, 2.45) is 6.98 Å². The summed E-state index contributed by atoms with van der Waals surface area (Å²) in [5, 5.41) is 1.97. The van der Waals surface area contributed by atoms with Gasteiger partial charge in [0.1, 0.15) is 11.2 Å². The molecule has 1 aliphatic heterocycles. The molecule has 0 fully saturated rings. The molecule has 0 aromatic carbocycles. The fraction of sp³-hybridized carbons (Fsp3) is 0.133. The van der Waals surface area contributed by atoms with E-state index >= 15 is 0 Å². The largest absolute Gasteiger partial charge is 0.302 e. The maximum absolute atomic E-state index is 7.95. The predicted molar refractivity (Wildman–Crippen MR) is 78.6 cm³/mol. The molecule has 4 nitrogen and oxygen atoms in total. The lowest BCUT2D eigenvalue weighted by Gasteiger charge is -1.92. The first-order chi connectivity index (χ1) is 11.1. The second-order valence-corrected chi connectivity index (χ2v) is 5.89. The summed E-state index contributed by atoms with van der Waals surface area (Å²) in [4.78, 5) is 8.49. The van der Waals surface area contributed by atoms with Crippen LogP contribution in [0, 0.1) is 0 Å². The van der Waals surface area contributed by atoms with Crippen molar-refractivity contribution in [1.29, 1.82) is 0 Å². The summed E-state index contributed by atoms with van der Waals surface area (Å²) in [6.07, 6.45) is 5.26. The van der Waals surface area contributed by atoms with Gasteiger partial charge in [0, 0.05) is 29.7 Å². The van der Waals surface area contributed by atoms with Gasteiger partial charge in [-0.1, -0.05) is 11.3 Å². The van der Waals surface area contributed by atoms with Gasteiger partial charge in [0.05, 0.1) is 16.5 Å². The number of fused-ring (bicyclic) bond motifs is 7. The third-order valence-corrected chi connectivity index (χ3v) is 5.06. The Morgan fingerprint density at radius 1 is 1.40 bits per heavy atom. The molecule has 5 rings (SSSR count). The third-order valence-electron chi connectivity index (χ3n) is 3.82. The molecule has 0 saturated heterocycles. The van der Waals surface area contributed by atoms with Crippen LogP contribution in [0.15, 0.2) is 36.8 Å². The Hall–Kier alpha value is -2.27. The quantitative estimate of drug-likeness (QED) is 0.409. The molecule has 0 amide bonds. The van der Waals surface area contributed by atoms with Crippen LogP contribution in [0.1, 0.15) is 9.68 Å². The SMILES string of the molecule is [2H]C([2H])([2H])n1c2ncccc2c2sc3[n+](c21)Cc1cnccc1-3. The molecular weight excluding hydrogens is 268 g/mol. The van der Waals surface area contributed by atoms with Crippen LogP contribution in [0.25, 0.3) is 32.0 Å². The van der Waals surface area contributed by atoms with E-state index in [1.807, 2.05) is 24.4 Å². The average molecular weight is 282 g/mol. The summed E-state index contributed by atoms with van der Waals surface area (Å²) in [6.45, 7) is -1.63. The molecule has 4 aromatic rings. The number of hydrogen-bond acceptors (Lipinski definition) is 3. The standard InChI is InChI=1S/C15H11N4S/c1-18-13-11(3-2-5-17-13)12-14(18)19-8-9-7-16-6-4-10(9)15(19)20-12/h2-7H,8H2,1H3/q+1/i1D3. The predicted octanol–water partition coefficient (Wildman–Crippen LogP) is 2.50. The Morgan fingerprint density at radius 3 is 3.35 bits per heavy atom. The van der Waals surface area contributed by atoms with E-state index in [0.717, 1.165) is 31.9 Å². The first-order valence-corrected chi connectivity index (χ1v) is 7.13. The smallest absolute Gasteiger partial charge is 0.264 e. The summed E-state index contributed by atoms with van der Waals surface area (Å²) in [5.41, 5.74) is 3.49. The first-order valence-electron chi connectivity index (χ1n) is 7.81. The lowest BCUT2D eigenvalue weighted by molar-refractivity contribution is -0.644. The van der Waals surface area contributed by atoms with Crippen molar-refractivity contribution in [3.05, 3.63) is 42.4 Å². The molecule has 96 valence electrons.